The topological polar surface area (TPSA) is 12.0 Å². The van der Waals surface area contributed by atoms with Crippen molar-refractivity contribution in [3.05, 3.63) is 24.3 Å². The largest absolute Gasteiger partial charge is 0.307 e. The molecule has 0 unspecified atom stereocenters. The maximum absolute atomic E-state index is 3.57. The van der Waals surface area contributed by atoms with Crippen molar-refractivity contribution < 1.29 is 0 Å². The quantitative estimate of drug-likeness (QED) is 0.498. The van der Waals surface area contributed by atoms with Crippen molar-refractivity contribution >= 4 is 0 Å². The Balaban J connectivity index is 2.14. The molecule has 0 aromatic rings. The van der Waals surface area contributed by atoms with E-state index in [1.807, 2.05) is 0 Å². The molecule has 1 N–H and O–H groups in total. The lowest BCUT2D eigenvalue weighted by atomic mass is 10.0. The van der Waals surface area contributed by atoms with Crippen molar-refractivity contribution in [2.45, 2.75) is 31.3 Å². The maximum Gasteiger partial charge on any atom is 0.0287 e. The van der Waals surface area contributed by atoms with Gasteiger partial charge in [0.2, 0.25) is 0 Å². The predicted octanol–water partition coefficient (Wildman–Crippen LogP) is 1.62. The Hall–Kier alpha value is -0.560. The molecule has 2 heterocycles. The molecule has 0 saturated carbocycles. The first-order valence-corrected chi connectivity index (χ1v) is 4.03. The molecule has 2 bridgehead atoms. The molecule has 1 nitrogen and oxygen atoms in total. The molecule has 0 aromatic carbocycles. The van der Waals surface area contributed by atoms with E-state index in [1.54, 1.807) is 0 Å². The van der Waals surface area contributed by atoms with E-state index in [-0.39, 0.29) is 0 Å². The normalized spacial score (nSPS) is 37.6. The fraction of sp³-hybridized carbons (Fsp3) is 0.556. The van der Waals surface area contributed by atoms with Crippen LogP contribution in [0.3, 0.4) is 0 Å². The van der Waals surface area contributed by atoms with Crippen LogP contribution in [0.25, 0.3) is 0 Å². The molecule has 54 valence electrons. The van der Waals surface area contributed by atoms with Gasteiger partial charge in [-0.3, -0.25) is 0 Å². The number of hydrogen-bond donors (Lipinski definition) is 1. The van der Waals surface area contributed by atoms with Crippen LogP contribution in [0.1, 0.15) is 19.3 Å². The van der Waals surface area contributed by atoms with E-state index in [4.69, 9.17) is 0 Å². The summed E-state index contributed by atoms with van der Waals surface area (Å²) in [6, 6.07) is 1.34. The lowest BCUT2D eigenvalue weighted by Crippen LogP contribution is -2.37. The zero-order valence-electron chi connectivity index (χ0n) is 6.09. The summed E-state index contributed by atoms with van der Waals surface area (Å²) in [5.74, 6) is 0. The molecule has 0 aromatic heterocycles. The Morgan fingerprint density at radius 1 is 1.00 bits per heavy atom. The van der Waals surface area contributed by atoms with Crippen molar-refractivity contribution in [3.8, 4) is 0 Å². The highest BCUT2D eigenvalue weighted by Gasteiger charge is 2.16. The van der Waals surface area contributed by atoms with Crippen LogP contribution in [0.5, 0.6) is 0 Å². The number of rotatable bonds is 0. The summed E-state index contributed by atoms with van der Waals surface area (Å²) >= 11 is 0. The summed E-state index contributed by atoms with van der Waals surface area (Å²) < 4.78 is 0. The highest BCUT2D eigenvalue weighted by atomic mass is 15.0. The van der Waals surface area contributed by atoms with Gasteiger partial charge in [0.1, 0.15) is 0 Å². The maximum atomic E-state index is 3.57. The standard InChI is InChI=1S/C9H13N/c1-2-5-9-7-3-6-8(4-1)10-9/h1-3,6,8-10H,4-5,7H2/t8-,9+/m0/s1. The fourth-order valence-corrected chi connectivity index (χ4v) is 1.65. The van der Waals surface area contributed by atoms with Gasteiger partial charge in [-0.15, -0.1) is 0 Å². The van der Waals surface area contributed by atoms with Crippen molar-refractivity contribution in [3.63, 3.8) is 0 Å². The molecule has 1 heteroatoms. The van der Waals surface area contributed by atoms with Gasteiger partial charge < -0.3 is 5.32 Å². The van der Waals surface area contributed by atoms with Crippen LogP contribution in [0, 0.1) is 0 Å². The zero-order chi connectivity index (χ0) is 6.81. The third kappa shape index (κ3) is 1.14. The Morgan fingerprint density at radius 2 is 1.80 bits per heavy atom. The number of nitrogens with one attached hydrogen (secondary N) is 1. The summed E-state index contributed by atoms with van der Waals surface area (Å²) in [6.07, 6.45) is 12.8. The van der Waals surface area contributed by atoms with Gasteiger partial charge in [0.05, 0.1) is 0 Å². The van der Waals surface area contributed by atoms with Crippen LogP contribution in [0.15, 0.2) is 24.3 Å². The van der Waals surface area contributed by atoms with Crippen molar-refractivity contribution in [1.29, 1.82) is 0 Å². The van der Waals surface area contributed by atoms with E-state index in [2.05, 4.69) is 29.6 Å². The van der Waals surface area contributed by atoms with Gasteiger partial charge >= 0.3 is 0 Å². The predicted molar refractivity (Wildman–Crippen MR) is 42.8 cm³/mol. The summed E-state index contributed by atoms with van der Waals surface area (Å²) in [6.45, 7) is 0. The third-order valence-electron chi connectivity index (χ3n) is 2.22. The first-order valence-electron chi connectivity index (χ1n) is 4.03. The molecular weight excluding hydrogens is 122 g/mol. The van der Waals surface area contributed by atoms with E-state index in [0.717, 1.165) is 0 Å². The Labute approximate surface area is 61.8 Å². The molecule has 0 saturated heterocycles. The average molecular weight is 135 g/mol. The molecule has 0 radical (unpaired) electrons. The summed E-state index contributed by atoms with van der Waals surface area (Å²) in [5.41, 5.74) is 0. The molecule has 2 aliphatic rings. The van der Waals surface area contributed by atoms with Crippen LogP contribution in [0.2, 0.25) is 0 Å². The second-order valence-corrected chi connectivity index (χ2v) is 3.08. The minimum absolute atomic E-state index is 0.623. The SMILES string of the molecule is C1=CC[C@H]2C=CC[C@@H](C1)N2. The van der Waals surface area contributed by atoms with Gasteiger partial charge in [-0.25, -0.2) is 0 Å². The van der Waals surface area contributed by atoms with Crippen LogP contribution >= 0.6 is 0 Å². The molecular formula is C9H13N. The third-order valence-corrected chi connectivity index (χ3v) is 2.22. The van der Waals surface area contributed by atoms with Gasteiger partial charge in [-0.1, -0.05) is 24.3 Å². The first kappa shape index (κ1) is 6.17. The minimum Gasteiger partial charge on any atom is -0.307 e. The summed E-state index contributed by atoms with van der Waals surface area (Å²) in [7, 11) is 0. The van der Waals surface area contributed by atoms with Gasteiger partial charge in [-0.2, -0.15) is 0 Å². The van der Waals surface area contributed by atoms with Crippen molar-refractivity contribution in [2.75, 3.05) is 0 Å². The Bertz CT molecular complexity index is 170. The average Bonchev–Trinajstić information content (AvgIpc) is 2.12. The highest BCUT2D eigenvalue weighted by molar-refractivity contribution is 5.08. The van der Waals surface area contributed by atoms with Gasteiger partial charge in [-0.05, 0) is 19.3 Å². The first-order chi connectivity index (χ1) is 4.95. The van der Waals surface area contributed by atoms with Crippen LogP contribution in [-0.4, -0.2) is 12.1 Å². The monoisotopic (exact) mass is 135 g/mol. The second-order valence-electron chi connectivity index (χ2n) is 3.08. The molecule has 2 atom stereocenters. The second kappa shape index (κ2) is 2.59. The Morgan fingerprint density at radius 3 is 2.80 bits per heavy atom. The smallest absolute Gasteiger partial charge is 0.0287 e. The highest BCUT2D eigenvalue weighted by Crippen LogP contribution is 2.14. The molecule has 2 rings (SSSR count). The van der Waals surface area contributed by atoms with Gasteiger partial charge in [0.15, 0.2) is 0 Å². The molecule has 0 spiro atoms. The van der Waals surface area contributed by atoms with Crippen LogP contribution in [0.4, 0.5) is 0 Å². The van der Waals surface area contributed by atoms with Gasteiger partial charge in [0, 0.05) is 12.1 Å². The molecule has 0 fully saturated rings. The zero-order valence-corrected chi connectivity index (χ0v) is 6.09. The lowest BCUT2D eigenvalue weighted by Gasteiger charge is -2.23. The molecule has 0 amide bonds. The van der Waals surface area contributed by atoms with E-state index in [1.165, 1.54) is 19.3 Å². The van der Waals surface area contributed by atoms with E-state index in [9.17, 15) is 0 Å². The van der Waals surface area contributed by atoms with Crippen LogP contribution in [-0.2, 0) is 0 Å². The van der Waals surface area contributed by atoms with E-state index >= 15 is 0 Å². The lowest BCUT2D eigenvalue weighted by molar-refractivity contribution is 0.466. The number of fused-ring (bicyclic) bond motifs is 2. The Kier molecular flexibility index (Phi) is 1.60. The van der Waals surface area contributed by atoms with E-state index in [0.29, 0.717) is 12.1 Å². The van der Waals surface area contributed by atoms with Gasteiger partial charge in [0.25, 0.3) is 0 Å². The summed E-state index contributed by atoms with van der Waals surface area (Å²) in [5, 5.41) is 3.57. The summed E-state index contributed by atoms with van der Waals surface area (Å²) in [4.78, 5) is 0. The molecule has 10 heavy (non-hydrogen) atoms. The van der Waals surface area contributed by atoms with Crippen LogP contribution < -0.4 is 5.32 Å². The number of hydrogen-bond acceptors (Lipinski definition) is 1. The van der Waals surface area contributed by atoms with Crippen molar-refractivity contribution in [1.82, 2.24) is 5.32 Å². The molecule has 0 aliphatic carbocycles. The fourth-order valence-electron chi connectivity index (χ4n) is 1.65. The van der Waals surface area contributed by atoms with E-state index < -0.39 is 0 Å². The molecule has 2 aliphatic heterocycles. The van der Waals surface area contributed by atoms with Crippen molar-refractivity contribution in [2.24, 2.45) is 0 Å². The minimum atomic E-state index is 0.623.